The molecule has 0 saturated heterocycles. The molecule has 0 fully saturated rings. The number of aryl methyl sites for hydroxylation is 2. The van der Waals surface area contributed by atoms with Crippen molar-refractivity contribution >= 4 is 21.7 Å². The second-order valence-electron chi connectivity index (χ2n) is 6.10. The first-order chi connectivity index (χ1) is 12.8. The molecule has 1 aromatic carbocycles. The van der Waals surface area contributed by atoms with E-state index in [1.54, 1.807) is 14.0 Å². The first-order valence-corrected chi connectivity index (χ1v) is 10.3. The van der Waals surface area contributed by atoms with Crippen molar-refractivity contribution in [1.29, 1.82) is 0 Å². The van der Waals surface area contributed by atoms with E-state index in [0.29, 0.717) is 30.1 Å². The van der Waals surface area contributed by atoms with Gasteiger partial charge in [0.15, 0.2) is 0 Å². The normalized spacial score (nSPS) is 11.6. The molecule has 0 aliphatic heterocycles. The van der Waals surface area contributed by atoms with E-state index in [9.17, 15) is 13.2 Å². The van der Waals surface area contributed by atoms with E-state index in [4.69, 9.17) is 4.74 Å². The number of sulfonamides is 1. The van der Waals surface area contributed by atoms with E-state index in [0.717, 1.165) is 13.1 Å². The molecule has 1 heterocycles. The summed E-state index contributed by atoms with van der Waals surface area (Å²) in [5.41, 5.74) is 1.14. The van der Waals surface area contributed by atoms with Gasteiger partial charge in [0.1, 0.15) is 11.5 Å². The van der Waals surface area contributed by atoms with E-state index in [1.807, 2.05) is 0 Å². The van der Waals surface area contributed by atoms with Gasteiger partial charge >= 0.3 is 5.97 Å². The van der Waals surface area contributed by atoms with Gasteiger partial charge in [-0.05, 0) is 44.3 Å². The number of benzene rings is 1. The molecule has 0 spiro atoms. The van der Waals surface area contributed by atoms with Gasteiger partial charge in [0.05, 0.1) is 11.3 Å². The molecular formula is C18H26N4O4S. The van der Waals surface area contributed by atoms with Crippen LogP contribution in [0.25, 0.3) is 0 Å². The third-order valence-corrected chi connectivity index (χ3v) is 5.65. The summed E-state index contributed by atoms with van der Waals surface area (Å²) in [6.07, 6.45) is 1.44. The highest BCUT2D eigenvalue weighted by Gasteiger charge is 2.20. The molecule has 0 saturated carbocycles. The number of hydrogen-bond donors (Lipinski definition) is 1. The second-order valence-corrected chi connectivity index (χ2v) is 7.75. The van der Waals surface area contributed by atoms with E-state index >= 15 is 0 Å². The Kier molecular flexibility index (Phi) is 6.98. The minimum Gasteiger partial charge on any atom is -0.461 e. The van der Waals surface area contributed by atoms with Gasteiger partial charge in [-0.3, -0.25) is 9.40 Å². The number of likely N-dealkylation sites (N-methyl/N-ethyl adjacent to an activating group) is 1. The monoisotopic (exact) mass is 394 g/mol. The lowest BCUT2D eigenvalue weighted by Gasteiger charge is -2.17. The van der Waals surface area contributed by atoms with Crippen molar-refractivity contribution < 1.29 is 17.9 Å². The molecule has 1 N–H and O–H groups in total. The summed E-state index contributed by atoms with van der Waals surface area (Å²) in [6.45, 7) is 8.54. The first kappa shape index (κ1) is 20.9. The summed E-state index contributed by atoms with van der Waals surface area (Å²) in [7, 11) is -2.08. The lowest BCUT2D eigenvalue weighted by atomic mass is 10.2. The summed E-state index contributed by atoms with van der Waals surface area (Å²) in [5, 5.41) is 4.04. The van der Waals surface area contributed by atoms with Gasteiger partial charge in [-0.1, -0.05) is 13.8 Å². The van der Waals surface area contributed by atoms with Crippen LogP contribution in [0.15, 0.2) is 35.4 Å². The highest BCUT2D eigenvalue weighted by Crippen LogP contribution is 2.19. The van der Waals surface area contributed by atoms with E-state index in [1.165, 1.54) is 35.1 Å². The van der Waals surface area contributed by atoms with Gasteiger partial charge in [-0.15, -0.1) is 0 Å². The zero-order chi connectivity index (χ0) is 20.0. The van der Waals surface area contributed by atoms with Crippen molar-refractivity contribution in [3.05, 3.63) is 41.7 Å². The average Bonchev–Trinajstić information content (AvgIpc) is 2.98. The van der Waals surface area contributed by atoms with Gasteiger partial charge in [0.25, 0.3) is 10.0 Å². The van der Waals surface area contributed by atoms with Gasteiger partial charge in [-0.2, -0.15) is 5.10 Å². The van der Waals surface area contributed by atoms with Crippen LogP contribution in [0.2, 0.25) is 0 Å². The van der Waals surface area contributed by atoms with Crippen LogP contribution in [-0.2, 0) is 21.8 Å². The van der Waals surface area contributed by atoms with Crippen molar-refractivity contribution in [1.82, 2.24) is 14.7 Å². The molecular weight excluding hydrogens is 368 g/mol. The molecule has 27 heavy (non-hydrogen) atoms. The standard InChI is InChI=1S/C18H26N4O4S/c1-5-22(6-2)11-12-26-18(23)15-7-9-16(10-8-15)20-27(24,25)17-13-21(4)19-14(17)3/h7-10,13,20H,5-6,11-12H2,1-4H3. The summed E-state index contributed by atoms with van der Waals surface area (Å²) >= 11 is 0. The summed E-state index contributed by atoms with van der Waals surface area (Å²) in [6, 6.07) is 6.13. The first-order valence-electron chi connectivity index (χ1n) is 8.79. The van der Waals surface area contributed by atoms with Gasteiger partial charge in [0.2, 0.25) is 0 Å². The highest BCUT2D eigenvalue weighted by atomic mass is 32.2. The van der Waals surface area contributed by atoms with Crippen LogP contribution < -0.4 is 4.72 Å². The molecule has 9 heteroatoms. The molecule has 0 atom stereocenters. The molecule has 148 valence electrons. The van der Waals surface area contributed by atoms with Crippen molar-refractivity contribution in [2.45, 2.75) is 25.7 Å². The van der Waals surface area contributed by atoms with E-state index in [2.05, 4.69) is 28.6 Å². The molecule has 0 aliphatic carbocycles. The second kappa shape index (κ2) is 9.01. The van der Waals surface area contributed by atoms with Crippen molar-refractivity contribution in [2.75, 3.05) is 31.0 Å². The average molecular weight is 394 g/mol. The van der Waals surface area contributed by atoms with Crippen molar-refractivity contribution in [2.24, 2.45) is 7.05 Å². The zero-order valence-corrected chi connectivity index (χ0v) is 16.9. The number of carbonyl (C=O) groups is 1. The number of anilines is 1. The minimum atomic E-state index is -3.74. The predicted octanol–water partition coefficient (Wildman–Crippen LogP) is 2.03. The molecule has 0 amide bonds. The predicted molar refractivity (Wildman–Crippen MR) is 103 cm³/mol. The Balaban J connectivity index is 1.98. The topological polar surface area (TPSA) is 93.5 Å². The molecule has 0 aliphatic rings. The number of ether oxygens (including phenoxy) is 1. The van der Waals surface area contributed by atoms with Crippen LogP contribution in [-0.4, -0.2) is 55.3 Å². The molecule has 1 aromatic heterocycles. The fraction of sp³-hybridized carbons (Fsp3) is 0.444. The van der Waals surface area contributed by atoms with E-state index in [-0.39, 0.29) is 4.90 Å². The number of nitrogens with one attached hydrogen (secondary N) is 1. The van der Waals surface area contributed by atoms with Crippen molar-refractivity contribution in [3.8, 4) is 0 Å². The molecule has 8 nitrogen and oxygen atoms in total. The Hall–Kier alpha value is -2.39. The number of aromatic nitrogens is 2. The van der Waals surface area contributed by atoms with Crippen LogP contribution in [0.1, 0.15) is 29.9 Å². The van der Waals surface area contributed by atoms with Gasteiger partial charge in [-0.25, -0.2) is 13.2 Å². The fourth-order valence-electron chi connectivity index (χ4n) is 2.62. The fourth-order valence-corrected chi connectivity index (χ4v) is 3.89. The van der Waals surface area contributed by atoms with E-state index < -0.39 is 16.0 Å². The number of nitrogens with zero attached hydrogens (tertiary/aromatic N) is 3. The van der Waals surface area contributed by atoms with Crippen LogP contribution in [0.5, 0.6) is 0 Å². The lowest BCUT2D eigenvalue weighted by Crippen LogP contribution is -2.27. The summed E-state index contributed by atoms with van der Waals surface area (Å²) < 4.78 is 34.1. The molecule has 0 radical (unpaired) electrons. The van der Waals surface area contributed by atoms with Crippen LogP contribution >= 0.6 is 0 Å². The van der Waals surface area contributed by atoms with Crippen LogP contribution in [0.3, 0.4) is 0 Å². The van der Waals surface area contributed by atoms with Gasteiger partial charge in [0, 0.05) is 25.5 Å². The Bertz CT molecular complexity index is 871. The zero-order valence-electron chi connectivity index (χ0n) is 16.1. The Morgan fingerprint density at radius 2 is 1.85 bits per heavy atom. The van der Waals surface area contributed by atoms with Crippen LogP contribution in [0.4, 0.5) is 5.69 Å². The van der Waals surface area contributed by atoms with Crippen LogP contribution in [0, 0.1) is 6.92 Å². The van der Waals surface area contributed by atoms with Crippen molar-refractivity contribution in [3.63, 3.8) is 0 Å². The number of rotatable bonds is 9. The molecule has 2 aromatic rings. The third-order valence-electron chi connectivity index (χ3n) is 4.17. The quantitative estimate of drug-likeness (QED) is 0.654. The largest absolute Gasteiger partial charge is 0.461 e. The molecule has 0 bridgehead atoms. The Labute approximate surface area is 160 Å². The molecule has 2 rings (SSSR count). The minimum absolute atomic E-state index is 0.116. The number of hydrogen-bond acceptors (Lipinski definition) is 6. The lowest BCUT2D eigenvalue weighted by molar-refractivity contribution is 0.0466. The summed E-state index contributed by atoms with van der Waals surface area (Å²) in [4.78, 5) is 14.4. The SMILES string of the molecule is CCN(CC)CCOC(=O)c1ccc(NS(=O)(=O)c2cn(C)nc2C)cc1. The maximum atomic E-state index is 12.5. The molecule has 0 unspecified atom stereocenters. The Morgan fingerprint density at radius 3 is 2.37 bits per heavy atom. The third kappa shape index (κ3) is 5.54. The smallest absolute Gasteiger partial charge is 0.338 e. The summed E-state index contributed by atoms with van der Waals surface area (Å²) in [5.74, 6) is -0.431. The number of esters is 1. The van der Waals surface area contributed by atoms with Gasteiger partial charge < -0.3 is 9.64 Å². The maximum absolute atomic E-state index is 12.5. The highest BCUT2D eigenvalue weighted by molar-refractivity contribution is 7.92. The Morgan fingerprint density at radius 1 is 1.22 bits per heavy atom. The number of carbonyl (C=O) groups excluding carboxylic acids is 1. The maximum Gasteiger partial charge on any atom is 0.338 e.